The molecule has 0 bridgehead atoms. The quantitative estimate of drug-likeness (QED) is 0.311. The highest BCUT2D eigenvalue weighted by molar-refractivity contribution is 7.87. The highest BCUT2D eigenvalue weighted by Gasteiger charge is 2.39. The minimum atomic E-state index is -6.09. The Morgan fingerprint density at radius 3 is 1.80 bits per heavy atom. The van der Waals surface area contributed by atoms with Crippen molar-refractivity contribution in [3.63, 3.8) is 0 Å². The van der Waals surface area contributed by atoms with E-state index < -0.39 is 33.8 Å². The molecule has 1 rings (SSSR count). The van der Waals surface area contributed by atoms with Gasteiger partial charge in [0, 0.05) is 0 Å². The second-order valence-electron chi connectivity index (χ2n) is 7.12. The summed E-state index contributed by atoms with van der Waals surface area (Å²) >= 11 is 0. The van der Waals surface area contributed by atoms with E-state index in [9.17, 15) is 17.4 Å². The van der Waals surface area contributed by atoms with Crippen molar-refractivity contribution in [1.82, 2.24) is 0 Å². The van der Waals surface area contributed by atoms with Gasteiger partial charge >= 0.3 is 11.8 Å². The van der Waals surface area contributed by atoms with Crippen molar-refractivity contribution in [3.8, 4) is 0 Å². The third kappa shape index (κ3) is 7.17. The van der Waals surface area contributed by atoms with Crippen molar-refractivity contribution in [2.45, 2.75) is 44.4 Å². The Morgan fingerprint density at radius 2 is 1.56 bits per heavy atom. The van der Waals surface area contributed by atoms with Crippen molar-refractivity contribution in [2.24, 2.45) is 4.03 Å². The molecular formula is C12H25F3N3O4S2Si+. The van der Waals surface area contributed by atoms with E-state index in [1.807, 2.05) is 30.4 Å². The van der Waals surface area contributed by atoms with Gasteiger partial charge in [-0.15, -0.1) is 4.31 Å². The summed E-state index contributed by atoms with van der Waals surface area (Å²) < 4.78 is 79.1. The summed E-state index contributed by atoms with van der Waals surface area (Å²) in [6, 6.07) is 0. The Morgan fingerprint density at radius 1 is 1.16 bits per heavy atom. The number of nitrogens with one attached hydrogen (secondary N) is 1. The molecule has 148 valence electrons. The second-order valence-corrected chi connectivity index (χ2v) is 15.9. The van der Waals surface area contributed by atoms with Gasteiger partial charge < -0.3 is 4.55 Å². The lowest BCUT2D eigenvalue weighted by Crippen LogP contribution is -3.07. The summed E-state index contributed by atoms with van der Waals surface area (Å²) in [5.41, 5.74) is -5.65. The summed E-state index contributed by atoms with van der Waals surface area (Å²) in [4.78, 5) is 0. The van der Waals surface area contributed by atoms with Crippen LogP contribution in [-0.4, -0.2) is 55.1 Å². The molecule has 1 N–H and O–H groups in total. The number of halogens is 3. The van der Waals surface area contributed by atoms with Crippen molar-refractivity contribution < 1.29 is 39.2 Å². The van der Waals surface area contributed by atoms with Gasteiger partial charge in [-0.1, -0.05) is 20.8 Å². The molecule has 0 radical (unpaired) electrons. The largest absolute Gasteiger partial charge is 0.741 e. The molecule has 0 saturated heterocycles. The first-order valence-electron chi connectivity index (χ1n) is 7.08. The maximum absolute atomic E-state index is 12.7. The second kappa shape index (κ2) is 7.46. The fourth-order valence-corrected chi connectivity index (χ4v) is 7.00. The topological polar surface area (TPSA) is 94.1 Å². The maximum Gasteiger partial charge on any atom is 0.485 e. The van der Waals surface area contributed by atoms with Gasteiger partial charge in [0.2, 0.25) is 6.20 Å². The summed E-state index contributed by atoms with van der Waals surface area (Å²) in [7, 11) is -8.29. The minimum Gasteiger partial charge on any atom is -0.741 e. The molecular weight excluding hydrogens is 399 g/mol. The van der Waals surface area contributed by atoms with E-state index in [4.69, 9.17) is 17.0 Å². The van der Waals surface area contributed by atoms with Crippen LogP contribution in [0.5, 0.6) is 0 Å². The van der Waals surface area contributed by atoms with E-state index in [0.29, 0.717) is 0 Å². The van der Waals surface area contributed by atoms with E-state index in [2.05, 4.69) is 33.9 Å². The van der Waals surface area contributed by atoms with Gasteiger partial charge in [0.25, 0.3) is 0 Å². The van der Waals surface area contributed by atoms with Crippen LogP contribution in [0, 0.1) is 0 Å². The summed E-state index contributed by atoms with van der Waals surface area (Å²) in [6.07, 6.45) is 7.47. The average molecular weight is 425 g/mol. The SMILES string of the molecule is C[N+]1=C[NH+](S(C)(=O)=N[Si](C)(C)C(C)(C)C)C=C1.O=S(=O)([O-])C(F)(F)F. The van der Waals surface area contributed by atoms with Gasteiger partial charge in [0.05, 0.1) is 6.26 Å². The first kappa shape index (κ1) is 24.2. The molecule has 7 nitrogen and oxygen atoms in total. The highest BCUT2D eigenvalue weighted by atomic mass is 32.2. The van der Waals surface area contributed by atoms with Gasteiger partial charge in [-0.05, 0) is 18.1 Å². The molecule has 1 aliphatic heterocycles. The zero-order valence-electron chi connectivity index (χ0n) is 15.2. The maximum atomic E-state index is 12.7. The Balaban J connectivity index is 0.000000609. The van der Waals surface area contributed by atoms with Crippen LogP contribution in [0.1, 0.15) is 20.8 Å². The van der Waals surface area contributed by atoms with Gasteiger partial charge in [0.15, 0.2) is 34.5 Å². The lowest BCUT2D eigenvalue weighted by molar-refractivity contribution is -0.600. The fourth-order valence-electron chi connectivity index (χ4n) is 1.33. The van der Waals surface area contributed by atoms with Crippen LogP contribution in [-0.2, 0) is 20.0 Å². The molecule has 2 atom stereocenters. The number of alkyl halides is 3. The Labute approximate surface area is 148 Å². The zero-order valence-corrected chi connectivity index (χ0v) is 17.8. The van der Waals surface area contributed by atoms with E-state index in [1.54, 1.807) is 6.26 Å². The molecule has 13 heteroatoms. The molecule has 1 aliphatic rings. The molecule has 0 saturated carbocycles. The van der Waals surface area contributed by atoms with Crippen LogP contribution < -0.4 is 4.31 Å². The van der Waals surface area contributed by atoms with Crippen LogP contribution in [0.25, 0.3) is 0 Å². The third-order valence-corrected chi connectivity index (χ3v) is 12.3. The van der Waals surface area contributed by atoms with Crippen molar-refractivity contribution in [1.29, 1.82) is 0 Å². The zero-order chi connectivity index (χ0) is 20.5. The van der Waals surface area contributed by atoms with E-state index in [-0.39, 0.29) is 5.04 Å². The first-order valence-corrected chi connectivity index (χ1v) is 13.4. The molecule has 0 amide bonds. The van der Waals surface area contributed by atoms with Crippen molar-refractivity contribution in [2.75, 3.05) is 13.3 Å². The molecule has 2 unspecified atom stereocenters. The number of rotatable bonds is 2. The first-order chi connectivity index (χ1) is 10.7. The van der Waals surface area contributed by atoms with Crippen LogP contribution in [0.2, 0.25) is 18.1 Å². The van der Waals surface area contributed by atoms with E-state index in [1.165, 1.54) is 0 Å². The Hall–Kier alpha value is -0.763. The van der Waals surface area contributed by atoms with Crippen molar-refractivity contribution >= 4 is 34.6 Å². The summed E-state index contributed by atoms with van der Waals surface area (Å²) in [5.74, 6) is 0. The average Bonchev–Trinajstić information content (AvgIpc) is 2.71. The number of nitrogens with zero attached hydrogens (tertiary/aromatic N) is 2. The molecule has 1 heterocycles. The lowest BCUT2D eigenvalue weighted by atomic mass is 10.2. The number of hydrogen-bond donors (Lipinski definition) is 1. The Kier molecular flexibility index (Phi) is 7.24. The molecule has 0 aromatic carbocycles. The molecule has 0 fully saturated rings. The van der Waals surface area contributed by atoms with Gasteiger partial charge in [-0.2, -0.15) is 22.0 Å². The Bertz CT molecular complexity index is 774. The standard InChI is InChI=1S/C11H24N3OSSi.CHF3O3S/c1-11(2,3)17(6,7)12-16(5,15)14-9-8-13(4)10-14;2-1(3,4)8(5,6)7/h8-10H,1-7H3;(H,5,6,7)/q+1;. The minimum absolute atomic E-state index is 0.125. The van der Waals surface area contributed by atoms with Crippen LogP contribution >= 0.6 is 0 Å². The van der Waals surface area contributed by atoms with Gasteiger partial charge in [-0.25, -0.2) is 12.4 Å². The third-order valence-electron chi connectivity index (χ3n) is 3.76. The smallest absolute Gasteiger partial charge is 0.485 e. The lowest BCUT2D eigenvalue weighted by Gasteiger charge is -2.32. The van der Waals surface area contributed by atoms with Gasteiger partial charge in [-0.3, -0.25) is 0 Å². The monoisotopic (exact) mass is 424 g/mol. The molecule has 0 aromatic rings. The summed E-state index contributed by atoms with van der Waals surface area (Å²) in [5, 5.41) is 0.125. The van der Waals surface area contributed by atoms with Crippen LogP contribution in [0.4, 0.5) is 13.2 Å². The molecule has 25 heavy (non-hydrogen) atoms. The van der Waals surface area contributed by atoms with E-state index >= 15 is 0 Å². The summed E-state index contributed by atoms with van der Waals surface area (Å²) in [6.45, 7) is 10.9. The predicted molar refractivity (Wildman–Crippen MR) is 91.8 cm³/mol. The molecule has 0 spiro atoms. The molecule has 0 aromatic heterocycles. The van der Waals surface area contributed by atoms with Crippen LogP contribution in [0.15, 0.2) is 16.4 Å². The normalized spacial score (nSPS) is 21.1. The number of quaternary nitrogens is 1. The van der Waals surface area contributed by atoms with Crippen molar-refractivity contribution in [3.05, 3.63) is 12.4 Å². The number of hydrogen-bond acceptors (Lipinski definition) is 5. The van der Waals surface area contributed by atoms with E-state index in [0.717, 1.165) is 4.31 Å². The fraction of sp³-hybridized carbons (Fsp3) is 0.750. The van der Waals surface area contributed by atoms with Gasteiger partial charge in [0.1, 0.15) is 7.05 Å². The predicted octanol–water partition coefficient (Wildman–Crippen LogP) is 1.10. The highest BCUT2D eigenvalue weighted by Crippen LogP contribution is 2.37. The van der Waals surface area contributed by atoms with Crippen LogP contribution in [0.3, 0.4) is 0 Å². The molecule has 0 aliphatic carbocycles.